The van der Waals surface area contributed by atoms with E-state index in [1.807, 2.05) is 39.8 Å². The van der Waals surface area contributed by atoms with E-state index in [1.54, 1.807) is 41.3 Å². The van der Waals surface area contributed by atoms with Crippen LogP contribution in [0.5, 0.6) is 5.75 Å². The van der Waals surface area contributed by atoms with Gasteiger partial charge >= 0.3 is 0 Å². The lowest BCUT2D eigenvalue weighted by Crippen LogP contribution is -2.30. The lowest BCUT2D eigenvalue weighted by atomic mass is 10.1. The Morgan fingerprint density at radius 1 is 0.923 bits per heavy atom. The molecule has 0 aliphatic heterocycles. The minimum atomic E-state index is -0.218. The topological polar surface area (TPSA) is 58.6 Å². The fourth-order valence-corrected chi connectivity index (χ4v) is 2.55. The monoisotopic (exact) mass is 354 g/mol. The van der Waals surface area contributed by atoms with Crippen molar-refractivity contribution < 1.29 is 14.3 Å². The molecule has 26 heavy (non-hydrogen) atoms. The minimum absolute atomic E-state index is 0.0253. The molecule has 5 nitrogen and oxygen atoms in total. The molecule has 5 heteroatoms. The molecular formula is C21H26N2O3. The molecule has 0 aliphatic rings. The number of nitrogens with one attached hydrogen (secondary N) is 1. The van der Waals surface area contributed by atoms with Crippen molar-refractivity contribution in [3.8, 4) is 5.75 Å². The summed E-state index contributed by atoms with van der Waals surface area (Å²) in [5, 5.41) is 2.84. The van der Waals surface area contributed by atoms with Gasteiger partial charge in [0.05, 0.1) is 6.10 Å². The van der Waals surface area contributed by atoms with Gasteiger partial charge in [-0.2, -0.15) is 0 Å². The first-order valence-corrected chi connectivity index (χ1v) is 8.92. The minimum Gasteiger partial charge on any atom is -0.491 e. The lowest BCUT2D eigenvalue weighted by Gasteiger charge is -2.18. The number of carbonyl (C=O) groups excluding carboxylic acids is 2. The largest absolute Gasteiger partial charge is 0.491 e. The highest BCUT2D eigenvalue weighted by Crippen LogP contribution is 2.18. The molecular weight excluding hydrogens is 328 g/mol. The summed E-state index contributed by atoms with van der Waals surface area (Å²) in [7, 11) is 0. The zero-order valence-corrected chi connectivity index (χ0v) is 15.8. The molecule has 0 unspecified atom stereocenters. The number of nitrogens with zero attached hydrogens (tertiary/aromatic N) is 1. The molecule has 2 aromatic rings. The first kappa shape index (κ1) is 19.5. The Morgan fingerprint density at radius 2 is 1.46 bits per heavy atom. The predicted molar refractivity (Wildman–Crippen MR) is 104 cm³/mol. The molecule has 0 aromatic heterocycles. The van der Waals surface area contributed by atoms with Crippen LogP contribution in [0, 0.1) is 0 Å². The average molecular weight is 354 g/mol. The zero-order valence-electron chi connectivity index (χ0n) is 15.8. The van der Waals surface area contributed by atoms with E-state index in [0.29, 0.717) is 29.9 Å². The third kappa shape index (κ3) is 5.09. The Hall–Kier alpha value is -2.82. The van der Waals surface area contributed by atoms with E-state index in [-0.39, 0.29) is 17.9 Å². The summed E-state index contributed by atoms with van der Waals surface area (Å²) in [6.07, 6.45) is 0.105. The summed E-state index contributed by atoms with van der Waals surface area (Å²) in [6, 6.07) is 14.0. The van der Waals surface area contributed by atoms with Crippen molar-refractivity contribution in [2.24, 2.45) is 0 Å². The fourth-order valence-electron chi connectivity index (χ4n) is 2.55. The summed E-state index contributed by atoms with van der Waals surface area (Å²) in [4.78, 5) is 26.4. The van der Waals surface area contributed by atoms with Crippen LogP contribution in [0.15, 0.2) is 48.5 Å². The maximum atomic E-state index is 12.4. The molecule has 0 spiro atoms. The number of rotatable bonds is 7. The number of hydrogen-bond donors (Lipinski definition) is 1. The Kier molecular flexibility index (Phi) is 6.78. The van der Waals surface area contributed by atoms with Crippen LogP contribution >= 0.6 is 0 Å². The van der Waals surface area contributed by atoms with Gasteiger partial charge in [0.2, 0.25) is 0 Å². The number of anilines is 1. The average Bonchev–Trinajstić information content (AvgIpc) is 2.64. The van der Waals surface area contributed by atoms with E-state index in [1.165, 1.54) is 0 Å². The van der Waals surface area contributed by atoms with Gasteiger partial charge in [-0.25, -0.2) is 0 Å². The van der Waals surface area contributed by atoms with Crippen molar-refractivity contribution in [2.75, 3.05) is 18.4 Å². The van der Waals surface area contributed by atoms with Gasteiger partial charge in [0, 0.05) is 29.9 Å². The molecule has 0 fully saturated rings. The highest BCUT2D eigenvalue weighted by Gasteiger charge is 2.13. The summed E-state index contributed by atoms with van der Waals surface area (Å²) in [6.45, 7) is 9.14. The number of ether oxygens (including phenoxy) is 1. The summed E-state index contributed by atoms with van der Waals surface area (Å²) >= 11 is 0. The molecule has 0 saturated carbocycles. The SMILES string of the molecule is CCN(CC)C(=O)c1ccc(C(=O)Nc2ccc(OC(C)C)cc2)cc1. The van der Waals surface area contributed by atoms with Crippen molar-refractivity contribution in [3.63, 3.8) is 0 Å². The zero-order chi connectivity index (χ0) is 19.1. The Morgan fingerprint density at radius 3 is 1.96 bits per heavy atom. The first-order valence-electron chi connectivity index (χ1n) is 8.92. The molecule has 2 amide bonds. The highest BCUT2D eigenvalue weighted by molar-refractivity contribution is 6.05. The van der Waals surface area contributed by atoms with Crippen LogP contribution in [-0.2, 0) is 0 Å². The molecule has 0 radical (unpaired) electrons. The van der Waals surface area contributed by atoms with Crippen LogP contribution in [0.2, 0.25) is 0 Å². The molecule has 0 atom stereocenters. The predicted octanol–water partition coefficient (Wildman–Crippen LogP) is 4.21. The van der Waals surface area contributed by atoms with Gasteiger partial charge in [0.15, 0.2) is 0 Å². The maximum absolute atomic E-state index is 12.4. The quantitative estimate of drug-likeness (QED) is 0.810. The number of benzene rings is 2. The van der Waals surface area contributed by atoms with E-state index in [4.69, 9.17) is 4.74 Å². The third-order valence-electron chi connectivity index (χ3n) is 3.93. The van der Waals surface area contributed by atoms with E-state index in [0.717, 1.165) is 5.75 Å². The van der Waals surface area contributed by atoms with Gasteiger partial charge in [-0.05, 0) is 76.2 Å². The van der Waals surface area contributed by atoms with Crippen LogP contribution in [0.25, 0.3) is 0 Å². The molecule has 138 valence electrons. The molecule has 0 aliphatic carbocycles. The van der Waals surface area contributed by atoms with Crippen molar-refractivity contribution >= 4 is 17.5 Å². The van der Waals surface area contributed by atoms with Crippen molar-refractivity contribution in [3.05, 3.63) is 59.7 Å². The fraction of sp³-hybridized carbons (Fsp3) is 0.333. The Balaban J connectivity index is 2.02. The van der Waals surface area contributed by atoms with Crippen LogP contribution in [-0.4, -0.2) is 35.9 Å². The van der Waals surface area contributed by atoms with Gasteiger partial charge in [-0.1, -0.05) is 0 Å². The summed E-state index contributed by atoms with van der Waals surface area (Å²) in [5.74, 6) is 0.518. The maximum Gasteiger partial charge on any atom is 0.255 e. The number of carbonyl (C=O) groups is 2. The third-order valence-corrected chi connectivity index (χ3v) is 3.93. The smallest absolute Gasteiger partial charge is 0.255 e. The summed E-state index contributed by atoms with van der Waals surface area (Å²) in [5.41, 5.74) is 1.78. The molecule has 1 N–H and O–H groups in total. The van der Waals surface area contributed by atoms with Crippen LogP contribution < -0.4 is 10.1 Å². The second kappa shape index (κ2) is 9.04. The summed E-state index contributed by atoms with van der Waals surface area (Å²) < 4.78 is 5.58. The molecule has 2 rings (SSSR count). The normalized spacial score (nSPS) is 10.5. The van der Waals surface area contributed by atoms with Crippen LogP contribution in [0.4, 0.5) is 5.69 Å². The van der Waals surface area contributed by atoms with Gasteiger partial charge in [0.1, 0.15) is 5.75 Å². The van der Waals surface area contributed by atoms with Gasteiger partial charge in [-0.3, -0.25) is 9.59 Å². The van der Waals surface area contributed by atoms with E-state index < -0.39 is 0 Å². The van der Waals surface area contributed by atoms with Crippen LogP contribution in [0.1, 0.15) is 48.4 Å². The number of hydrogen-bond acceptors (Lipinski definition) is 3. The second-order valence-corrected chi connectivity index (χ2v) is 6.20. The Bertz CT molecular complexity index is 733. The molecule has 0 saturated heterocycles. The standard InChI is InChI=1S/C21H26N2O3/c1-5-23(6-2)21(25)17-9-7-16(8-10-17)20(24)22-18-11-13-19(14-12-18)26-15(3)4/h7-15H,5-6H2,1-4H3,(H,22,24). The van der Waals surface area contributed by atoms with Crippen molar-refractivity contribution in [1.29, 1.82) is 0 Å². The van der Waals surface area contributed by atoms with Crippen molar-refractivity contribution in [2.45, 2.75) is 33.8 Å². The molecule has 0 bridgehead atoms. The Labute approximate surface area is 155 Å². The first-order chi connectivity index (χ1) is 12.4. The second-order valence-electron chi connectivity index (χ2n) is 6.20. The van der Waals surface area contributed by atoms with Gasteiger partial charge in [0.25, 0.3) is 11.8 Å². The van der Waals surface area contributed by atoms with Gasteiger partial charge < -0.3 is 15.0 Å². The number of amides is 2. The van der Waals surface area contributed by atoms with E-state index in [9.17, 15) is 9.59 Å². The molecule has 2 aromatic carbocycles. The van der Waals surface area contributed by atoms with E-state index >= 15 is 0 Å². The highest BCUT2D eigenvalue weighted by atomic mass is 16.5. The molecule has 0 heterocycles. The van der Waals surface area contributed by atoms with Crippen LogP contribution in [0.3, 0.4) is 0 Å². The van der Waals surface area contributed by atoms with Gasteiger partial charge in [-0.15, -0.1) is 0 Å². The van der Waals surface area contributed by atoms with Crippen molar-refractivity contribution in [1.82, 2.24) is 4.90 Å². The lowest BCUT2D eigenvalue weighted by molar-refractivity contribution is 0.0772. The van der Waals surface area contributed by atoms with E-state index in [2.05, 4.69) is 5.32 Å².